The van der Waals surface area contributed by atoms with Crippen LogP contribution in [0.1, 0.15) is 19.3 Å². The maximum absolute atomic E-state index is 11.9. The summed E-state index contributed by atoms with van der Waals surface area (Å²) in [5, 5.41) is 20.8. The van der Waals surface area contributed by atoms with Crippen LogP contribution in [0.25, 0.3) is 0 Å². The number of carbonyl (C=O) groups is 1. The minimum absolute atomic E-state index is 0.00204. The summed E-state index contributed by atoms with van der Waals surface area (Å²) in [7, 11) is 0. The van der Waals surface area contributed by atoms with Crippen LogP contribution in [0, 0.1) is 0 Å². The molecule has 1 heterocycles. The molecule has 3 N–H and O–H groups in total. The van der Waals surface area contributed by atoms with E-state index in [0.29, 0.717) is 13.1 Å². The molecule has 5 heteroatoms. The molecule has 1 aliphatic heterocycles. The number of aliphatic hydroxyl groups is 2. The smallest absolute Gasteiger partial charge is 0.239 e. The number of hydrogen-bond donors (Lipinski definition) is 3. The Balaban J connectivity index is 2.45. The fraction of sp³-hybridized carbons (Fsp3) is 0.900. The molecule has 0 radical (unpaired) electrons. The van der Waals surface area contributed by atoms with Crippen LogP contribution in [0.15, 0.2) is 0 Å². The molecule has 15 heavy (non-hydrogen) atoms. The molecule has 1 rings (SSSR count). The van der Waals surface area contributed by atoms with E-state index < -0.39 is 0 Å². The topological polar surface area (TPSA) is 72.8 Å². The first-order chi connectivity index (χ1) is 7.29. The van der Waals surface area contributed by atoms with Gasteiger partial charge in [0.1, 0.15) is 0 Å². The summed E-state index contributed by atoms with van der Waals surface area (Å²) < 4.78 is 0. The third kappa shape index (κ3) is 3.77. The molecule has 0 aromatic carbocycles. The Hall–Kier alpha value is -0.650. The lowest BCUT2D eigenvalue weighted by molar-refractivity contribution is -0.135. The lowest BCUT2D eigenvalue weighted by Gasteiger charge is -2.29. The monoisotopic (exact) mass is 216 g/mol. The standard InChI is InChI=1S/C10H20N2O3/c13-7-5-12(6-8-14)10(15)9-3-1-2-4-11-9/h9,11,13-14H,1-8H2. The zero-order valence-corrected chi connectivity index (χ0v) is 8.98. The van der Waals surface area contributed by atoms with Crippen LogP contribution in [0.3, 0.4) is 0 Å². The Kier molecular flexibility index (Phi) is 5.60. The second kappa shape index (κ2) is 6.76. The molecular formula is C10H20N2O3. The van der Waals surface area contributed by atoms with E-state index in [0.717, 1.165) is 25.8 Å². The van der Waals surface area contributed by atoms with Crippen molar-refractivity contribution in [2.24, 2.45) is 0 Å². The van der Waals surface area contributed by atoms with Crippen LogP contribution in [0.4, 0.5) is 0 Å². The second-order valence-corrected chi connectivity index (χ2v) is 3.77. The molecule has 1 aliphatic rings. The minimum Gasteiger partial charge on any atom is -0.395 e. The van der Waals surface area contributed by atoms with Crippen molar-refractivity contribution in [3.05, 3.63) is 0 Å². The van der Waals surface area contributed by atoms with Crippen LogP contribution in [-0.2, 0) is 4.79 Å². The Morgan fingerprint density at radius 1 is 1.27 bits per heavy atom. The molecule has 1 unspecified atom stereocenters. The average Bonchev–Trinajstić information content (AvgIpc) is 2.29. The highest BCUT2D eigenvalue weighted by molar-refractivity contribution is 5.82. The number of nitrogens with one attached hydrogen (secondary N) is 1. The number of aliphatic hydroxyl groups excluding tert-OH is 2. The number of rotatable bonds is 5. The normalized spacial score (nSPS) is 21.3. The quantitative estimate of drug-likeness (QED) is 0.548. The summed E-state index contributed by atoms with van der Waals surface area (Å²) in [6.45, 7) is 1.37. The first kappa shape index (κ1) is 12.4. The zero-order valence-electron chi connectivity index (χ0n) is 8.98. The van der Waals surface area contributed by atoms with Gasteiger partial charge in [0.2, 0.25) is 5.91 Å². The van der Waals surface area contributed by atoms with E-state index >= 15 is 0 Å². The number of nitrogens with zero attached hydrogens (tertiary/aromatic N) is 1. The molecule has 0 spiro atoms. The fourth-order valence-electron chi connectivity index (χ4n) is 1.86. The van der Waals surface area contributed by atoms with Gasteiger partial charge in [-0.3, -0.25) is 4.79 Å². The van der Waals surface area contributed by atoms with Crippen LogP contribution in [0.5, 0.6) is 0 Å². The van der Waals surface area contributed by atoms with Gasteiger partial charge in [0.05, 0.1) is 19.3 Å². The summed E-state index contributed by atoms with van der Waals surface area (Å²) in [5.41, 5.74) is 0. The molecule has 0 aliphatic carbocycles. The summed E-state index contributed by atoms with van der Waals surface area (Å²) in [6.07, 6.45) is 3.03. The van der Waals surface area contributed by atoms with Gasteiger partial charge in [-0.15, -0.1) is 0 Å². The molecule has 5 nitrogen and oxygen atoms in total. The first-order valence-electron chi connectivity index (χ1n) is 5.53. The van der Waals surface area contributed by atoms with Crippen molar-refractivity contribution in [3.8, 4) is 0 Å². The summed E-state index contributed by atoms with van der Waals surface area (Å²) in [4.78, 5) is 13.4. The predicted octanol–water partition coefficient (Wildman–Crippen LogP) is -1.06. The molecule has 1 amide bonds. The van der Waals surface area contributed by atoms with Crippen LogP contribution in [0.2, 0.25) is 0 Å². The van der Waals surface area contributed by atoms with Crippen molar-refractivity contribution in [1.29, 1.82) is 0 Å². The average molecular weight is 216 g/mol. The van der Waals surface area contributed by atoms with Crippen LogP contribution in [-0.4, -0.2) is 59.9 Å². The van der Waals surface area contributed by atoms with Gasteiger partial charge in [-0.05, 0) is 19.4 Å². The molecular weight excluding hydrogens is 196 g/mol. The third-order valence-electron chi connectivity index (χ3n) is 2.66. The van der Waals surface area contributed by atoms with Crippen molar-refractivity contribution in [3.63, 3.8) is 0 Å². The van der Waals surface area contributed by atoms with Crippen molar-refractivity contribution in [2.45, 2.75) is 25.3 Å². The van der Waals surface area contributed by atoms with Gasteiger partial charge in [0.15, 0.2) is 0 Å². The Morgan fingerprint density at radius 2 is 1.93 bits per heavy atom. The van der Waals surface area contributed by atoms with Crippen LogP contribution >= 0.6 is 0 Å². The molecule has 0 saturated carbocycles. The van der Waals surface area contributed by atoms with Gasteiger partial charge in [-0.25, -0.2) is 0 Å². The van der Waals surface area contributed by atoms with E-state index in [1.165, 1.54) is 4.90 Å². The van der Waals surface area contributed by atoms with E-state index in [9.17, 15) is 4.79 Å². The molecule has 88 valence electrons. The number of carbonyl (C=O) groups excluding carboxylic acids is 1. The van der Waals surface area contributed by atoms with Crippen LogP contribution < -0.4 is 5.32 Å². The molecule has 0 aromatic heterocycles. The highest BCUT2D eigenvalue weighted by atomic mass is 16.3. The van der Waals surface area contributed by atoms with E-state index in [1.54, 1.807) is 0 Å². The van der Waals surface area contributed by atoms with E-state index in [1.807, 2.05) is 0 Å². The van der Waals surface area contributed by atoms with Gasteiger partial charge >= 0.3 is 0 Å². The maximum atomic E-state index is 11.9. The lowest BCUT2D eigenvalue weighted by Crippen LogP contribution is -2.50. The first-order valence-corrected chi connectivity index (χ1v) is 5.53. The molecule has 1 atom stereocenters. The van der Waals surface area contributed by atoms with Crippen molar-refractivity contribution < 1.29 is 15.0 Å². The molecule has 0 aromatic rings. The second-order valence-electron chi connectivity index (χ2n) is 3.77. The van der Waals surface area contributed by atoms with Gasteiger partial charge in [0.25, 0.3) is 0 Å². The fourth-order valence-corrected chi connectivity index (χ4v) is 1.86. The number of hydrogen-bond acceptors (Lipinski definition) is 4. The highest BCUT2D eigenvalue weighted by Crippen LogP contribution is 2.09. The van der Waals surface area contributed by atoms with E-state index in [-0.39, 0.29) is 25.2 Å². The van der Waals surface area contributed by atoms with Crippen molar-refractivity contribution in [2.75, 3.05) is 32.8 Å². The highest BCUT2D eigenvalue weighted by Gasteiger charge is 2.24. The molecule has 1 saturated heterocycles. The summed E-state index contributed by atoms with van der Waals surface area (Å²) in [5.74, 6) is -0.00204. The zero-order chi connectivity index (χ0) is 11.1. The SMILES string of the molecule is O=C(C1CCCCN1)N(CCO)CCO. The number of piperidine rings is 1. The van der Waals surface area contributed by atoms with Gasteiger partial charge in [-0.2, -0.15) is 0 Å². The summed E-state index contributed by atoms with van der Waals surface area (Å²) >= 11 is 0. The van der Waals surface area contributed by atoms with E-state index in [2.05, 4.69) is 5.32 Å². The van der Waals surface area contributed by atoms with Gasteiger partial charge in [0, 0.05) is 13.1 Å². The minimum atomic E-state index is -0.128. The Labute approximate surface area is 90.1 Å². The number of amides is 1. The Morgan fingerprint density at radius 3 is 2.40 bits per heavy atom. The van der Waals surface area contributed by atoms with Crippen molar-refractivity contribution in [1.82, 2.24) is 10.2 Å². The maximum Gasteiger partial charge on any atom is 0.239 e. The van der Waals surface area contributed by atoms with Gasteiger partial charge < -0.3 is 20.4 Å². The summed E-state index contributed by atoms with van der Waals surface area (Å²) in [6, 6.07) is -0.128. The van der Waals surface area contributed by atoms with Crippen molar-refractivity contribution >= 4 is 5.91 Å². The largest absolute Gasteiger partial charge is 0.395 e. The predicted molar refractivity (Wildman–Crippen MR) is 56.4 cm³/mol. The Bertz CT molecular complexity index is 187. The van der Waals surface area contributed by atoms with Gasteiger partial charge in [-0.1, -0.05) is 6.42 Å². The lowest BCUT2D eigenvalue weighted by atomic mass is 10.0. The molecule has 1 fully saturated rings. The molecule has 0 bridgehead atoms. The van der Waals surface area contributed by atoms with E-state index in [4.69, 9.17) is 10.2 Å². The third-order valence-corrected chi connectivity index (χ3v) is 2.66.